The summed E-state index contributed by atoms with van der Waals surface area (Å²) < 4.78 is 0. The molecule has 0 aromatic heterocycles. The van der Waals surface area contributed by atoms with Crippen LogP contribution < -0.4 is 4.90 Å². The highest BCUT2D eigenvalue weighted by molar-refractivity contribution is 5.89. The molecule has 1 aromatic carbocycles. The molecule has 1 heterocycles. The average Bonchev–Trinajstić information content (AvgIpc) is 2.62. The normalized spacial score (nSPS) is 19.4. The zero-order chi connectivity index (χ0) is 14.7. The van der Waals surface area contributed by atoms with E-state index in [1.807, 2.05) is 4.90 Å². The van der Waals surface area contributed by atoms with Crippen LogP contribution in [0.15, 0.2) is 18.2 Å². The summed E-state index contributed by atoms with van der Waals surface area (Å²) >= 11 is 0. The van der Waals surface area contributed by atoms with Gasteiger partial charge in [0.2, 0.25) is 0 Å². The van der Waals surface area contributed by atoms with Crippen LogP contribution in [0, 0.1) is 16.0 Å². The minimum atomic E-state index is -1.15. The lowest BCUT2D eigenvalue weighted by Gasteiger charge is -2.22. The molecule has 1 fully saturated rings. The zero-order valence-corrected chi connectivity index (χ0v) is 11.4. The van der Waals surface area contributed by atoms with Gasteiger partial charge in [-0.25, -0.2) is 4.79 Å². The van der Waals surface area contributed by atoms with Gasteiger partial charge in [0, 0.05) is 19.2 Å². The number of rotatable bonds is 3. The molecule has 0 spiro atoms. The maximum absolute atomic E-state index is 11.2. The molecule has 1 saturated heterocycles. The lowest BCUT2D eigenvalue weighted by atomic mass is 10.0. The fourth-order valence-electron chi connectivity index (χ4n) is 2.57. The monoisotopic (exact) mass is 278 g/mol. The molecule has 1 aliphatic rings. The third-order valence-corrected chi connectivity index (χ3v) is 3.78. The van der Waals surface area contributed by atoms with E-state index in [2.05, 4.69) is 6.92 Å². The van der Waals surface area contributed by atoms with Crippen LogP contribution in [0.1, 0.15) is 36.5 Å². The predicted octanol–water partition coefficient (Wildman–Crippen LogP) is 2.92. The number of nitro benzene ring substituents is 1. The Morgan fingerprint density at radius 3 is 2.80 bits per heavy atom. The minimum absolute atomic E-state index is 0.0522. The summed E-state index contributed by atoms with van der Waals surface area (Å²) in [6.07, 6.45) is 3.12. The first-order valence-electron chi connectivity index (χ1n) is 6.75. The second-order valence-corrected chi connectivity index (χ2v) is 5.29. The van der Waals surface area contributed by atoms with Gasteiger partial charge in [0.1, 0.15) is 5.69 Å². The van der Waals surface area contributed by atoms with E-state index in [0.717, 1.165) is 38.4 Å². The molecular weight excluding hydrogens is 260 g/mol. The Morgan fingerprint density at radius 1 is 1.40 bits per heavy atom. The maximum Gasteiger partial charge on any atom is 0.335 e. The highest BCUT2D eigenvalue weighted by atomic mass is 16.6. The van der Waals surface area contributed by atoms with Crippen LogP contribution in [0.2, 0.25) is 0 Å². The van der Waals surface area contributed by atoms with E-state index >= 15 is 0 Å². The second kappa shape index (κ2) is 5.90. The van der Waals surface area contributed by atoms with Crippen molar-refractivity contribution in [3.63, 3.8) is 0 Å². The van der Waals surface area contributed by atoms with Gasteiger partial charge in [-0.15, -0.1) is 0 Å². The second-order valence-electron chi connectivity index (χ2n) is 5.29. The highest BCUT2D eigenvalue weighted by Crippen LogP contribution is 2.31. The third-order valence-electron chi connectivity index (χ3n) is 3.78. The number of benzene rings is 1. The van der Waals surface area contributed by atoms with Gasteiger partial charge in [-0.1, -0.05) is 6.92 Å². The van der Waals surface area contributed by atoms with Crippen molar-refractivity contribution in [1.29, 1.82) is 0 Å². The Morgan fingerprint density at radius 2 is 2.15 bits per heavy atom. The molecule has 1 aromatic rings. The molecule has 1 N–H and O–H groups in total. The Labute approximate surface area is 117 Å². The van der Waals surface area contributed by atoms with Crippen molar-refractivity contribution in [2.75, 3.05) is 18.0 Å². The van der Waals surface area contributed by atoms with Gasteiger partial charge < -0.3 is 10.0 Å². The summed E-state index contributed by atoms with van der Waals surface area (Å²) in [7, 11) is 0. The minimum Gasteiger partial charge on any atom is -0.478 e. The number of carbonyl (C=O) groups is 1. The SMILES string of the molecule is CC1CCCN(c2ccc(C(=O)O)cc2[N+](=O)[O-])CC1. The van der Waals surface area contributed by atoms with Gasteiger partial charge in [0.15, 0.2) is 0 Å². The van der Waals surface area contributed by atoms with E-state index in [9.17, 15) is 14.9 Å². The van der Waals surface area contributed by atoms with E-state index in [0.29, 0.717) is 11.6 Å². The van der Waals surface area contributed by atoms with Crippen LogP contribution in [0.25, 0.3) is 0 Å². The lowest BCUT2D eigenvalue weighted by molar-refractivity contribution is -0.384. The number of nitro groups is 1. The summed E-state index contributed by atoms with van der Waals surface area (Å²) in [5.41, 5.74) is 0.345. The molecule has 6 nitrogen and oxygen atoms in total. The van der Waals surface area contributed by atoms with Crippen molar-refractivity contribution < 1.29 is 14.8 Å². The number of nitrogens with zero attached hydrogens (tertiary/aromatic N) is 2. The first-order valence-corrected chi connectivity index (χ1v) is 6.75. The van der Waals surface area contributed by atoms with Crippen molar-refractivity contribution in [3.05, 3.63) is 33.9 Å². The Hall–Kier alpha value is -2.11. The van der Waals surface area contributed by atoms with Crippen LogP contribution >= 0.6 is 0 Å². The summed E-state index contributed by atoms with van der Waals surface area (Å²) in [6.45, 7) is 3.73. The van der Waals surface area contributed by atoms with Crippen LogP contribution in [-0.2, 0) is 0 Å². The van der Waals surface area contributed by atoms with E-state index in [1.54, 1.807) is 6.07 Å². The van der Waals surface area contributed by atoms with Crippen LogP contribution in [0.4, 0.5) is 11.4 Å². The van der Waals surface area contributed by atoms with Crippen molar-refractivity contribution in [2.45, 2.75) is 26.2 Å². The van der Waals surface area contributed by atoms with Crippen LogP contribution in [0.3, 0.4) is 0 Å². The summed E-state index contributed by atoms with van der Waals surface area (Å²) in [5.74, 6) is -0.526. The number of aromatic carboxylic acids is 1. The van der Waals surface area contributed by atoms with Gasteiger partial charge in [-0.3, -0.25) is 10.1 Å². The largest absolute Gasteiger partial charge is 0.478 e. The fourth-order valence-corrected chi connectivity index (χ4v) is 2.57. The van der Waals surface area contributed by atoms with Gasteiger partial charge >= 0.3 is 5.97 Å². The standard InChI is InChI=1S/C14H18N2O4/c1-10-3-2-7-15(8-6-10)12-5-4-11(14(17)18)9-13(12)16(19)20/h4-5,9-10H,2-3,6-8H2,1H3,(H,17,18). The van der Waals surface area contributed by atoms with Gasteiger partial charge in [0.05, 0.1) is 10.5 Å². The molecule has 2 rings (SSSR count). The number of carboxylic acid groups (broad SMARTS) is 1. The number of hydrogen-bond acceptors (Lipinski definition) is 4. The smallest absolute Gasteiger partial charge is 0.335 e. The van der Waals surface area contributed by atoms with E-state index in [1.165, 1.54) is 6.07 Å². The molecule has 0 radical (unpaired) electrons. The first-order chi connectivity index (χ1) is 9.49. The van der Waals surface area contributed by atoms with Crippen molar-refractivity contribution in [3.8, 4) is 0 Å². The van der Waals surface area contributed by atoms with E-state index < -0.39 is 10.9 Å². The summed E-state index contributed by atoms with van der Waals surface area (Å²) in [6, 6.07) is 4.13. The molecule has 1 atom stereocenters. The fraction of sp³-hybridized carbons (Fsp3) is 0.500. The predicted molar refractivity (Wildman–Crippen MR) is 75.3 cm³/mol. The topological polar surface area (TPSA) is 83.7 Å². The van der Waals surface area contributed by atoms with Crippen molar-refractivity contribution in [1.82, 2.24) is 0 Å². The van der Waals surface area contributed by atoms with Crippen molar-refractivity contribution in [2.24, 2.45) is 5.92 Å². The van der Waals surface area contributed by atoms with Gasteiger partial charge in [-0.2, -0.15) is 0 Å². The zero-order valence-electron chi connectivity index (χ0n) is 11.4. The van der Waals surface area contributed by atoms with Crippen molar-refractivity contribution >= 4 is 17.3 Å². The molecule has 0 amide bonds. The van der Waals surface area contributed by atoms with Gasteiger partial charge in [0.25, 0.3) is 5.69 Å². The number of carboxylic acids is 1. The lowest BCUT2D eigenvalue weighted by Crippen LogP contribution is -2.25. The van der Waals surface area contributed by atoms with E-state index in [4.69, 9.17) is 5.11 Å². The molecular formula is C14H18N2O4. The Bertz CT molecular complexity index is 530. The highest BCUT2D eigenvalue weighted by Gasteiger charge is 2.23. The molecule has 0 aliphatic carbocycles. The molecule has 0 bridgehead atoms. The molecule has 20 heavy (non-hydrogen) atoms. The maximum atomic E-state index is 11.2. The molecule has 1 aliphatic heterocycles. The molecule has 108 valence electrons. The van der Waals surface area contributed by atoms with E-state index in [-0.39, 0.29) is 11.3 Å². The summed E-state index contributed by atoms with van der Waals surface area (Å²) in [5, 5.41) is 20.1. The average molecular weight is 278 g/mol. The first kappa shape index (κ1) is 14.3. The molecule has 1 unspecified atom stereocenters. The molecule has 6 heteroatoms. The summed E-state index contributed by atoms with van der Waals surface area (Å²) in [4.78, 5) is 23.6. The molecule has 0 saturated carbocycles. The van der Waals surface area contributed by atoms with Crippen LogP contribution in [-0.4, -0.2) is 29.1 Å². The quantitative estimate of drug-likeness (QED) is 0.678. The third kappa shape index (κ3) is 3.07. The Kier molecular flexibility index (Phi) is 4.22. The Balaban J connectivity index is 2.35. The number of anilines is 1. The van der Waals surface area contributed by atoms with Gasteiger partial charge in [-0.05, 0) is 37.3 Å². The number of hydrogen-bond donors (Lipinski definition) is 1. The van der Waals surface area contributed by atoms with Crippen LogP contribution in [0.5, 0.6) is 0 Å².